The first-order valence-corrected chi connectivity index (χ1v) is 9.52. The number of hydrogen-bond donors (Lipinski definition) is 3. The fourth-order valence-corrected chi connectivity index (χ4v) is 3.70. The van der Waals surface area contributed by atoms with E-state index in [2.05, 4.69) is 20.2 Å². The molecule has 7 heteroatoms. The van der Waals surface area contributed by atoms with E-state index in [9.17, 15) is 9.50 Å². The molecule has 0 spiro atoms. The number of aromatic nitrogens is 2. The highest BCUT2D eigenvalue weighted by atomic mass is 19.1. The fourth-order valence-electron chi connectivity index (χ4n) is 3.70. The number of nitrogens with one attached hydrogen (secondary N) is 1. The molecule has 0 saturated carbocycles. The summed E-state index contributed by atoms with van der Waals surface area (Å²) in [5.41, 5.74) is 8.62. The number of aliphatic hydroxyl groups is 1. The number of nitrogen functional groups attached to an aromatic ring is 1. The molecule has 2 heterocycles. The van der Waals surface area contributed by atoms with Crippen molar-refractivity contribution in [3.05, 3.63) is 53.8 Å². The van der Waals surface area contributed by atoms with Crippen molar-refractivity contribution < 1.29 is 9.50 Å². The number of anilines is 3. The Morgan fingerprint density at radius 3 is 2.71 bits per heavy atom. The highest BCUT2D eigenvalue weighted by Gasteiger charge is 2.22. The number of para-hydroxylation sites is 1. The van der Waals surface area contributed by atoms with Crippen LogP contribution in [0.3, 0.4) is 0 Å². The summed E-state index contributed by atoms with van der Waals surface area (Å²) in [4.78, 5) is 11.1. The number of benzene rings is 2. The lowest BCUT2D eigenvalue weighted by molar-refractivity contribution is 0.145. The number of fused-ring (bicyclic) bond motifs is 1. The van der Waals surface area contributed by atoms with Crippen LogP contribution in [0.15, 0.2) is 42.5 Å². The maximum absolute atomic E-state index is 14.0. The summed E-state index contributed by atoms with van der Waals surface area (Å²) in [5.74, 6) is 0.529. The second-order valence-electron chi connectivity index (χ2n) is 7.24. The second-order valence-corrected chi connectivity index (χ2v) is 7.24. The van der Waals surface area contributed by atoms with Gasteiger partial charge in [0.15, 0.2) is 0 Å². The first-order chi connectivity index (χ1) is 13.5. The first-order valence-electron chi connectivity index (χ1n) is 9.52. The normalized spacial score (nSPS) is 16.3. The van der Waals surface area contributed by atoms with Crippen molar-refractivity contribution in [2.45, 2.75) is 31.9 Å². The summed E-state index contributed by atoms with van der Waals surface area (Å²) in [6.07, 6.45) is 1.16. The Morgan fingerprint density at radius 2 is 1.93 bits per heavy atom. The zero-order valence-corrected chi connectivity index (χ0v) is 15.8. The van der Waals surface area contributed by atoms with Gasteiger partial charge in [0.2, 0.25) is 5.95 Å². The molecule has 1 atom stereocenters. The lowest BCUT2D eigenvalue weighted by Gasteiger charge is -2.34. The van der Waals surface area contributed by atoms with Crippen molar-refractivity contribution in [2.24, 2.45) is 0 Å². The van der Waals surface area contributed by atoms with E-state index in [1.54, 1.807) is 12.1 Å². The highest BCUT2D eigenvalue weighted by molar-refractivity contribution is 5.88. The molecule has 4 rings (SSSR count). The molecule has 1 aromatic heterocycles. The Kier molecular flexibility index (Phi) is 5.00. The molecule has 2 aromatic carbocycles. The molecule has 1 fully saturated rings. The van der Waals surface area contributed by atoms with E-state index in [-0.39, 0.29) is 18.0 Å². The minimum atomic E-state index is -0.289. The third-order valence-corrected chi connectivity index (χ3v) is 5.24. The maximum Gasteiger partial charge on any atom is 0.225 e. The molecule has 6 nitrogen and oxygen atoms in total. The molecule has 1 saturated heterocycles. The monoisotopic (exact) mass is 381 g/mol. The molecule has 1 unspecified atom stereocenters. The van der Waals surface area contributed by atoms with Gasteiger partial charge in [0.05, 0.1) is 17.7 Å². The van der Waals surface area contributed by atoms with Crippen molar-refractivity contribution >= 4 is 28.4 Å². The Labute approximate surface area is 163 Å². The average Bonchev–Trinajstić information content (AvgIpc) is 2.69. The Balaban J connectivity index is 1.63. The van der Waals surface area contributed by atoms with Crippen molar-refractivity contribution in [1.82, 2.24) is 9.97 Å². The van der Waals surface area contributed by atoms with Crippen LogP contribution in [0, 0.1) is 5.82 Å². The van der Waals surface area contributed by atoms with E-state index in [0.717, 1.165) is 35.2 Å². The van der Waals surface area contributed by atoms with E-state index in [0.29, 0.717) is 24.6 Å². The van der Waals surface area contributed by atoms with Gasteiger partial charge in [0.1, 0.15) is 11.6 Å². The number of piperidine rings is 1. The molecule has 1 aliphatic heterocycles. The van der Waals surface area contributed by atoms with Gasteiger partial charge in [-0.05, 0) is 50.1 Å². The topological polar surface area (TPSA) is 87.3 Å². The largest absolute Gasteiger partial charge is 0.393 e. The van der Waals surface area contributed by atoms with Crippen molar-refractivity contribution in [3.63, 3.8) is 0 Å². The third kappa shape index (κ3) is 3.71. The van der Waals surface area contributed by atoms with Crippen LogP contribution < -0.4 is 16.0 Å². The Bertz CT molecular complexity index is 988. The SMILES string of the molecule is CC(Nc1nc(N)c2ccccc2n1)c1cc(F)ccc1N1CCC(O)CC1. The van der Waals surface area contributed by atoms with Crippen LogP contribution in [0.4, 0.5) is 21.8 Å². The maximum atomic E-state index is 14.0. The minimum absolute atomic E-state index is 0.224. The van der Waals surface area contributed by atoms with Gasteiger partial charge in [0, 0.05) is 29.7 Å². The van der Waals surface area contributed by atoms with Gasteiger partial charge in [-0.25, -0.2) is 9.37 Å². The Hall–Kier alpha value is -2.93. The van der Waals surface area contributed by atoms with Crippen LogP contribution in [0.1, 0.15) is 31.4 Å². The van der Waals surface area contributed by atoms with E-state index >= 15 is 0 Å². The quantitative estimate of drug-likeness (QED) is 0.641. The summed E-state index contributed by atoms with van der Waals surface area (Å²) < 4.78 is 14.0. The molecule has 3 aromatic rings. The van der Waals surface area contributed by atoms with Gasteiger partial charge in [-0.2, -0.15) is 4.98 Å². The van der Waals surface area contributed by atoms with Gasteiger partial charge < -0.3 is 21.1 Å². The van der Waals surface area contributed by atoms with Crippen LogP contribution in [-0.4, -0.2) is 34.3 Å². The molecule has 0 aliphatic carbocycles. The first kappa shape index (κ1) is 18.4. The van der Waals surface area contributed by atoms with E-state index in [1.807, 2.05) is 31.2 Å². The summed E-state index contributed by atoms with van der Waals surface area (Å²) in [6, 6.07) is 12.2. The standard InChI is InChI=1S/C21H24FN5O/c1-13(24-21-25-18-5-3-2-4-16(18)20(23)26-21)17-12-14(22)6-7-19(17)27-10-8-15(28)9-11-27/h2-7,12-13,15,28H,8-11H2,1H3,(H3,23,24,25,26). The number of aliphatic hydroxyl groups excluding tert-OH is 1. The zero-order valence-electron chi connectivity index (χ0n) is 15.8. The summed E-state index contributed by atoms with van der Waals surface area (Å²) in [6.45, 7) is 3.43. The van der Waals surface area contributed by atoms with Crippen LogP contribution in [-0.2, 0) is 0 Å². The molecule has 146 valence electrons. The van der Waals surface area contributed by atoms with E-state index in [1.165, 1.54) is 6.07 Å². The van der Waals surface area contributed by atoms with Gasteiger partial charge in [0.25, 0.3) is 0 Å². The number of nitrogens with zero attached hydrogens (tertiary/aromatic N) is 3. The average molecular weight is 381 g/mol. The summed E-state index contributed by atoms with van der Waals surface area (Å²) in [7, 11) is 0. The molecule has 0 radical (unpaired) electrons. The lowest BCUT2D eigenvalue weighted by atomic mass is 10.0. The second kappa shape index (κ2) is 7.59. The predicted molar refractivity (Wildman–Crippen MR) is 110 cm³/mol. The fraction of sp³-hybridized carbons (Fsp3) is 0.333. The van der Waals surface area contributed by atoms with Gasteiger partial charge in [-0.1, -0.05) is 12.1 Å². The summed E-state index contributed by atoms with van der Waals surface area (Å²) >= 11 is 0. The number of halogens is 1. The molecule has 28 heavy (non-hydrogen) atoms. The number of rotatable bonds is 4. The minimum Gasteiger partial charge on any atom is -0.393 e. The molecule has 0 bridgehead atoms. The van der Waals surface area contributed by atoms with Crippen molar-refractivity contribution in [2.75, 3.05) is 29.0 Å². The smallest absolute Gasteiger partial charge is 0.225 e. The summed E-state index contributed by atoms with van der Waals surface area (Å²) in [5, 5.41) is 13.8. The van der Waals surface area contributed by atoms with Crippen molar-refractivity contribution in [1.29, 1.82) is 0 Å². The molecular weight excluding hydrogens is 357 g/mol. The predicted octanol–water partition coefficient (Wildman–Crippen LogP) is 3.49. The van der Waals surface area contributed by atoms with Crippen LogP contribution >= 0.6 is 0 Å². The van der Waals surface area contributed by atoms with Gasteiger partial charge in [-0.3, -0.25) is 0 Å². The lowest BCUT2D eigenvalue weighted by Crippen LogP contribution is -2.36. The van der Waals surface area contributed by atoms with Crippen LogP contribution in [0.25, 0.3) is 10.9 Å². The molecule has 4 N–H and O–H groups in total. The van der Waals surface area contributed by atoms with Crippen LogP contribution in [0.2, 0.25) is 0 Å². The molecular formula is C21H24FN5O. The zero-order chi connectivity index (χ0) is 19.7. The molecule has 1 aliphatic rings. The van der Waals surface area contributed by atoms with Gasteiger partial charge >= 0.3 is 0 Å². The molecule has 0 amide bonds. The van der Waals surface area contributed by atoms with E-state index < -0.39 is 0 Å². The number of hydrogen-bond acceptors (Lipinski definition) is 6. The third-order valence-electron chi connectivity index (χ3n) is 5.24. The number of nitrogens with two attached hydrogens (primary N) is 1. The van der Waals surface area contributed by atoms with Crippen molar-refractivity contribution in [3.8, 4) is 0 Å². The highest BCUT2D eigenvalue weighted by Crippen LogP contribution is 2.31. The van der Waals surface area contributed by atoms with Crippen LogP contribution in [0.5, 0.6) is 0 Å². The van der Waals surface area contributed by atoms with E-state index in [4.69, 9.17) is 5.73 Å². The Morgan fingerprint density at radius 1 is 1.18 bits per heavy atom. The van der Waals surface area contributed by atoms with Gasteiger partial charge in [-0.15, -0.1) is 0 Å².